The van der Waals surface area contributed by atoms with E-state index in [-0.39, 0.29) is 0 Å². The number of aromatic nitrogens is 1. The maximum absolute atomic E-state index is 6.47. The summed E-state index contributed by atoms with van der Waals surface area (Å²) in [5, 5.41) is 0. The van der Waals surface area contributed by atoms with Crippen molar-refractivity contribution in [1.82, 2.24) is 4.98 Å². The van der Waals surface area contributed by atoms with Gasteiger partial charge in [0, 0.05) is 12.4 Å². The SMILES string of the molecule is OCl.c1ccncc1. The first-order valence-corrected chi connectivity index (χ1v) is 2.36. The zero-order valence-electron chi connectivity index (χ0n) is 4.16. The predicted octanol–water partition coefficient (Wildman–Crippen LogP) is 1.21. The maximum atomic E-state index is 6.47. The molecule has 0 saturated heterocycles. The fourth-order valence-electron chi connectivity index (χ4n) is 0.313. The molecule has 0 spiro atoms. The molecule has 0 amide bonds. The smallest absolute Gasteiger partial charge is 0.0579 e. The molecule has 0 aliphatic carbocycles. The third kappa shape index (κ3) is 3.59. The van der Waals surface area contributed by atoms with Crippen LogP contribution in [0.25, 0.3) is 0 Å². The van der Waals surface area contributed by atoms with E-state index < -0.39 is 0 Å². The molecule has 0 radical (unpaired) electrons. The molecule has 1 rings (SSSR count). The average Bonchev–Trinajstić information content (AvgIpc) is 1.96. The fraction of sp³-hybridized carbons (Fsp3) is 0. The molecule has 0 atom stereocenters. The minimum absolute atomic E-state index is 1.75. The van der Waals surface area contributed by atoms with E-state index in [1.165, 1.54) is 0 Å². The molecule has 0 aromatic carbocycles. The molecular weight excluding hydrogens is 126 g/mol. The van der Waals surface area contributed by atoms with Gasteiger partial charge >= 0.3 is 0 Å². The molecule has 0 fully saturated rings. The summed E-state index contributed by atoms with van der Waals surface area (Å²) in [5.41, 5.74) is 0. The lowest BCUT2D eigenvalue weighted by atomic mass is 10.5. The Labute approximate surface area is 52.9 Å². The van der Waals surface area contributed by atoms with Gasteiger partial charge < -0.3 is 0 Å². The van der Waals surface area contributed by atoms with Gasteiger partial charge in [0.2, 0.25) is 0 Å². The van der Waals surface area contributed by atoms with Crippen LogP contribution in [0, 0.1) is 0 Å². The van der Waals surface area contributed by atoms with Crippen molar-refractivity contribution in [2.45, 2.75) is 0 Å². The van der Waals surface area contributed by atoms with Crippen LogP contribution >= 0.6 is 11.9 Å². The topological polar surface area (TPSA) is 33.1 Å². The van der Waals surface area contributed by atoms with Crippen molar-refractivity contribution >= 4 is 11.9 Å². The van der Waals surface area contributed by atoms with Gasteiger partial charge in [0.15, 0.2) is 0 Å². The third-order valence-corrected chi connectivity index (χ3v) is 0.566. The highest BCUT2D eigenvalue weighted by atomic mass is 35.5. The number of hydrogen-bond acceptors (Lipinski definition) is 2. The first kappa shape index (κ1) is 7.40. The molecule has 3 heteroatoms. The lowest BCUT2D eigenvalue weighted by Crippen LogP contribution is -1.58. The molecule has 44 valence electrons. The summed E-state index contributed by atoms with van der Waals surface area (Å²) in [6.07, 6.45) is 3.50. The fourth-order valence-corrected chi connectivity index (χ4v) is 0.313. The number of rotatable bonds is 0. The predicted molar refractivity (Wildman–Crippen MR) is 32.3 cm³/mol. The van der Waals surface area contributed by atoms with Gasteiger partial charge in [-0.2, -0.15) is 0 Å². The second kappa shape index (κ2) is 6.40. The summed E-state index contributed by atoms with van der Waals surface area (Å²) >= 11 is 3.64. The molecule has 1 N–H and O–H groups in total. The van der Waals surface area contributed by atoms with E-state index in [2.05, 4.69) is 16.9 Å². The molecule has 0 unspecified atom stereocenters. The van der Waals surface area contributed by atoms with Gasteiger partial charge in [-0.3, -0.25) is 9.64 Å². The van der Waals surface area contributed by atoms with Crippen LogP contribution < -0.4 is 0 Å². The Hall–Kier alpha value is -0.600. The van der Waals surface area contributed by atoms with Gasteiger partial charge in [0.05, 0.1) is 11.9 Å². The molecule has 1 heterocycles. The van der Waals surface area contributed by atoms with Crippen LogP contribution in [0.3, 0.4) is 0 Å². The molecule has 8 heavy (non-hydrogen) atoms. The van der Waals surface area contributed by atoms with E-state index in [1.807, 2.05) is 18.2 Å². The molecule has 1 aromatic rings. The highest BCUT2D eigenvalue weighted by Crippen LogP contribution is 1.73. The summed E-state index contributed by atoms with van der Waals surface area (Å²) in [6, 6.07) is 5.72. The van der Waals surface area contributed by atoms with Gasteiger partial charge in [-0.1, -0.05) is 6.07 Å². The summed E-state index contributed by atoms with van der Waals surface area (Å²) in [4.78, 5) is 3.78. The van der Waals surface area contributed by atoms with Crippen molar-refractivity contribution in [3.8, 4) is 0 Å². The lowest BCUT2D eigenvalue weighted by Gasteiger charge is -1.70. The minimum atomic E-state index is 1.75. The normalized spacial score (nSPS) is 6.75. The molecule has 1 aromatic heterocycles. The van der Waals surface area contributed by atoms with Crippen molar-refractivity contribution in [2.75, 3.05) is 0 Å². The van der Waals surface area contributed by atoms with E-state index in [0.29, 0.717) is 0 Å². The Kier molecular flexibility index (Phi) is 5.92. The molecule has 0 aliphatic rings. The van der Waals surface area contributed by atoms with Crippen molar-refractivity contribution in [2.24, 2.45) is 0 Å². The van der Waals surface area contributed by atoms with Crippen molar-refractivity contribution < 1.29 is 4.66 Å². The van der Waals surface area contributed by atoms with Crippen LogP contribution in [0.5, 0.6) is 0 Å². The molecular formula is C5H6ClNO. The standard InChI is InChI=1S/C5H5N.ClHO/c1-2-4-6-5-3-1;1-2/h1-5H;2H. The van der Waals surface area contributed by atoms with E-state index in [9.17, 15) is 0 Å². The zero-order chi connectivity index (χ0) is 6.24. The third-order valence-electron chi connectivity index (χ3n) is 0.566. The van der Waals surface area contributed by atoms with Gasteiger partial charge in [0.1, 0.15) is 0 Å². The summed E-state index contributed by atoms with van der Waals surface area (Å²) in [7, 11) is 0. The van der Waals surface area contributed by atoms with Crippen molar-refractivity contribution in [3.63, 3.8) is 0 Å². The molecule has 0 bridgehead atoms. The highest BCUT2D eigenvalue weighted by Gasteiger charge is 1.58. The van der Waals surface area contributed by atoms with Crippen molar-refractivity contribution in [3.05, 3.63) is 30.6 Å². The number of halogens is 1. The van der Waals surface area contributed by atoms with E-state index in [0.717, 1.165) is 0 Å². The van der Waals surface area contributed by atoms with Gasteiger partial charge in [-0.15, -0.1) is 0 Å². The second-order valence-corrected chi connectivity index (χ2v) is 1.02. The Bertz CT molecular complexity index is 84.4. The van der Waals surface area contributed by atoms with Crippen LogP contribution in [0.15, 0.2) is 30.6 Å². The van der Waals surface area contributed by atoms with E-state index in [4.69, 9.17) is 4.66 Å². The molecule has 0 aliphatic heterocycles. The Balaban J connectivity index is 0.000000222. The van der Waals surface area contributed by atoms with Gasteiger partial charge in [0.25, 0.3) is 0 Å². The van der Waals surface area contributed by atoms with Crippen LogP contribution in [-0.2, 0) is 0 Å². The number of hydrogen-bond donors (Lipinski definition) is 1. The first-order chi connectivity index (χ1) is 4.00. The highest BCUT2D eigenvalue weighted by molar-refractivity contribution is 6.04. The van der Waals surface area contributed by atoms with Crippen LogP contribution in [0.1, 0.15) is 0 Å². The molecule has 2 nitrogen and oxygen atoms in total. The van der Waals surface area contributed by atoms with E-state index >= 15 is 0 Å². The molecule has 0 saturated carbocycles. The maximum Gasteiger partial charge on any atom is 0.0579 e. The Morgan fingerprint density at radius 2 is 1.50 bits per heavy atom. The number of pyridine rings is 1. The quantitative estimate of drug-likeness (QED) is 0.574. The first-order valence-electron chi connectivity index (χ1n) is 2.02. The Morgan fingerprint density at radius 3 is 1.62 bits per heavy atom. The summed E-state index contributed by atoms with van der Waals surface area (Å²) < 4.78 is 6.47. The Morgan fingerprint density at radius 1 is 1.00 bits per heavy atom. The van der Waals surface area contributed by atoms with Crippen LogP contribution in [-0.4, -0.2) is 9.64 Å². The van der Waals surface area contributed by atoms with Crippen molar-refractivity contribution in [1.29, 1.82) is 0 Å². The lowest BCUT2D eigenvalue weighted by molar-refractivity contribution is 0.632. The van der Waals surface area contributed by atoms with Gasteiger partial charge in [-0.05, 0) is 12.1 Å². The average molecular weight is 132 g/mol. The van der Waals surface area contributed by atoms with Crippen LogP contribution in [0.4, 0.5) is 0 Å². The second-order valence-electron chi connectivity index (χ2n) is 1.02. The largest absolute Gasteiger partial charge is 0.295 e. The van der Waals surface area contributed by atoms with E-state index in [1.54, 1.807) is 12.4 Å². The van der Waals surface area contributed by atoms with Crippen LogP contribution in [0.2, 0.25) is 0 Å². The minimum Gasteiger partial charge on any atom is -0.295 e. The summed E-state index contributed by atoms with van der Waals surface area (Å²) in [5.74, 6) is 0. The zero-order valence-corrected chi connectivity index (χ0v) is 4.92. The number of nitrogens with zero attached hydrogens (tertiary/aromatic N) is 1. The summed E-state index contributed by atoms with van der Waals surface area (Å²) in [6.45, 7) is 0. The monoisotopic (exact) mass is 131 g/mol. The van der Waals surface area contributed by atoms with Gasteiger partial charge in [-0.25, -0.2) is 0 Å².